The van der Waals surface area contributed by atoms with Gasteiger partial charge >= 0.3 is 0 Å². The van der Waals surface area contributed by atoms with Crippen LogP contribution < -0.4 is 10.2 Å². The largest absolute Gasteiger partial charge is 0.491 e. The van der Waals surface area contributed by atoms with Gasteiger partial charge in [-0.25, -0.2) is 9.97 Å². The summed E-state index contributed by atoms with van der Waals surface area (Å²) < 4.78 is 5.70. The van der Waals surface area contributed by atoms with E-state index in [2.05, 4.69) is 20.5 Å². The third-order valence-corrected chi connectivity index (χ3v) is 5.14. The van der Waals surface area contributed by atoms with Gasteiger partial charge in [0.2, 0.25) is 0 Å². The minimum absolute atomic E-state index is 0.624. The van der Waals surface area contributed by atoms with E-state index in [0.717, 1.165) is 50.4 Å². The van der Waals surface area contributed by atoms with Crippen LogP contribution in [0.4, 0.5) is 0 Å². The highest BCUT2D eigenvalue weighted by Crippen LogP contribution is 2.35. The molecular weight excluding hydrogens is 334 g/mol. The van der Waals surface area contributed by atoms with Crippen LogP contribution in [0.5, 0.6) is 5.75 Å². The number of ether oxygens (including phenoxy) is 1. The van der Waals surface area contributed by atoms with Crippen LogP contribution in [0.3, 0.4) is 0 Å². The van der Waals surface area contributed by atoms with Gasteiger partial charge in [-0.3, -0.25) is 4.98 Å². The van der Waals surface area contributed by atoms with Crippen LogP contribution in [-0.2, 0) is 0 Å². The van der Waals surface area contributed by atoms with Crippen molar-refractivity contribution in [3.63, 3.8) is 0 Å². The van der Waals surface area contributed by atoms with Gasteiger partial charge in [-0.1, -0.05) is 0 Å². The van der Waals surface area contributed by atoms with Gasteiger partial charge in [0.25, 0.3) is 0 Å². The van der Waals surface area contributed by atoms with Crippen molar-refractivity contribution < 1.29 is 4.74 Å². The minimum atomic E-state index is 0.624. The van der Waals surface area contributed by atoms with Crippen molar-refractivity contribution in [2.24, 2.45) is 5.10 Å². The number of pyridine rings is 2. The van der Waals surface area contributed by atoms with Crippen molar-refractivity contribution >= 4 is 17.0 Å². The van der Waals surface area contributed by atoms with Crippen molar-refractivity contribution in [1.29, 1.82) is 0 Å². The molecule has 0 saturated carbocycles. The lowest BCUT2D eigenvalue weighted by molar-refractivity contribution is 0.318. The molecule has 0 aromatic carbocycles. The molecule has 3 aromatic rings. The zero-order valence-corrected chi connectivity index (χ0v) is 14.8. The lowest BCUT2D eigenvalue weighted by Crippen LogP contribution is -2.20. The van der Waals surface area contributed by atoms with Crippen molar-refractivity contribution in [3.05, 3.63) is 48.0 Å². The van der Waals surface area contributed by atoms with Crippen LogP contribution in [0.2, 0.25) is 0 Å². The first-order valence-electron chi connectivity index (χ1n) is 8.02. The molecule has 25 heavy (non-hydrogen) atoms. The molecule has 0 radical (unpaired) electrons. The molecule has 3 aromatic heterocycles. The summed E-state index contributed by atoms with van der Waals surface area (Å²) in [4.78, 5) is 14.7. The van der Waals surface area contributed by atoms with E-state index >= 15 is 0 Å². The molecule has 7 heteroatoms. The third kappa shape index (κ3) is 2.98. The van der Waals surface area contributed by atoms with Crippen LogP contribution in [0, 0.1) is 6.92 Å². The Morgan fingerprint density at radius 1 is 1.24 bits per heavy atom. The Balaban J connectivity index is 1.77. The van der Waals surface area contributed by atoms with E-state index in [9.17, 15) is 0 Å². The standard InChI is InChI=1S/C18H17N5OS/c1-11-17(25-18(21-11)12-4-3-8-20-10-12)14-5-6-15-16(22-14)13(23-19-2)7-9-24-15/h3-6,8,10,19H,7,9H2,1-2H3. The second-order valence-electron chi connectivity index (χ2n) is 5.60. The van der Waals surface area contributed by atoms with E-state index < -0.39 is 0 Å². The minimum Gasteiger partial charge on any atom is -0.491 e. The summed E-state index contributed by atoms with van der Waals surface area (Å²) in [6, 6.07) is 7.88. The van der Waals surface area contributed by atoms with Crippen LogP contribution in [0.1, 0.15) is 17.8 Å². The first-order valence-corrected chi connectivity index (χ1v) is 8.83. The smallest absolute Gasteiger partial charge is 0.146 e. The number of nitrogens with zero attached hydrogens (tertiary/aromatic N) is 4. The predicted octanol–water partition coefficient (Wildman–Crippen LogP) is 3.28. The second-order valence-corrected chi connectivity index (χ2v) is 6.60. The van der Waals surface area contributed by atoms with Gasteiger partial charge in [0.15, 0.2) is 0 Å². The van der Waals surface area contributed by atoms with Gasteiger partial charge in [-0.15, -0.1) is 11.3 Å². The lowest BCUT2D eigenvalue weighted by atomic mass is 10.1. The molecule has 0 saturated heterocycles. The predicted molar refractivity (Wildman–Crippen MR) is 99.0 cm³/mol. The molecule has 1 aliphatic heterocycles. The number of hydrogen-bond donors (Lipinski definition) is 1. The summed E-state index contributed by atoms with van der Waals surface area (Å²) in [5.41, 5.74) is 7.43. The number of fused-ring (bicyclic) bond motifs is 1. The van der Waals surface area contributed by atoms with Crippen molar-refractivity contribution in [1.82, 2.24) is 20.4 Å². The zero-order valence-electron chi connectivity index (χ0n) is 14.0. The molecule has 0 spiro atoms. The molecule has 6 nitrogen and oxygen atoms in total. The van der Waals surface area contributed by atoms with Crippen LogP contribution in [-0.4, -0.2) is 34.3 Å². The molecule has 1 aliphatic rings. The van der Waals surface area contributed by atoms with Crippen molar-refractivity contribution in [2.45, 2.75) is 13.3 Å². The number of rotatable bonds is 3. The Labute approximate surface area is 149 Å². The molecule has 126 valence electrons. The van der Waals surface area contributed by atoms with E-state index in [1.807, 2.05) is 37.4 Å². The Morgan fingerprint density at radius 2 is 2.16 bits per heavy atom. The number of hydrazone groups is 1. The molecule has 4 heterocycles. The molecular formula is C18H17N5OS. The highest BCUT2D eigenvalue weighted by molar-refractivity contribution is 7.18. The first-order chi connectivity index (χ1) is 12.3. The van der Waals surface area contributed by atoms with E-state index in [1.165, 1.54) is 0 Å². The average molecular weight is 351 g/mol. The number of nitrogens with one attached hydrogen (secondary N) is 1. The van der Waals surface area contributed by atoms with Crippen molar-refractivity contribution in [3.8, 4) is 26.9 Å². The van der Waals surface area contributed by atoms with Gasteiger partial charge in [0, 0.05) is 31.4 Å². The van der Waals surface area contributed by atoms with Crippen LogP contribution in [0.25, 0.3) is 21.1 Å². The Kier molecular flexibility index (Phi) is 4.15. The van der Waals surface area contributed by atoms with Gasteiger partial charge in [-0.05, 0) is 31.2 Å². The number of aryl methyl sites for hydroxylation is 1. The summed E-state index contributed by atoms with van der Waals surface area (Å²) in [7, 11) is 1.79. The molecule has 0 bridgehead atoms. The summed E-state index contributed by atoms with van der Waals surface area (Å²) >= 11 is 1.62. The highest BCUT2D eigenvalue weighted by atomic mass is 32.1. The highest BCUT2D eigenvalue weighted by Gasteiger charge is 2.21. The normalized spacial score (nSPS) is 14.9. The maximum atomic E-state index is 5.70. The average Bonchev–Trinajstić information content (AvgIpc) is 3.04. The summed E-state index contributed by atoms with van der Waals surface area (Å²) in [6.07, 6.45) is 4.33. The maximum Gasteiger partial charge on any atom is 0.146 e. The lowest BCUT2D eigenvalue weighted by Gasteiger charge is -2.18. The van der Waals surface area contributed by atoms with Crippen LogP contribution >= 0.6 is 11.3 Å². The van der Waals surface area contributed by atoms with Crippen LogP contribution in [0.15, 0.2) is 41.8 Å². The SMILES string of the molecule is CNN=C1CCOc2ccc(-c3sc(-c4cccnc4)nc3C)nc21. The first kappa shape index (κ1) is 15.7. The molecule has 0 atom stereocenters. The molecule has 1 N–H and O–H groups in total. The van der Waals surface area contributed by atoms with Gasteiger partial charge in [0.1, 0.15) is 16.5 Å². The molecule has 0 amide bonds. The van der Waals surface area contributed by atoms with E-state index in [1.54, 1.807) is 24.6 Å². The van der Waals surface area contributed by atoms with Crippen molar-refractivity contribution in [2.75, 3.05) is 13.7 Å². The van der Waals surface area contributed by atoms with E-state index in [0.29, 0.717) is 6.61 Å². The van der Waals surface area contributed by atoms with E-state index in [-0.39, 0.29) is 0 Å². The molecule has 0 aliphatic carbocycles. The topological polar surface area (TPSA) is 72.3 Å². The number of thiazole rings is 1. The Morgan fingerprint density at radius 3 is 2.96 bits per heavy atom. The maximum absolute atomic E-state index is 5.70. The molecule has 0 unspecified atom stereocenters. The summed E-state index contributed by atoms with van der Waals surface area (Å²) in [5, 5.41) is 5.28. The van der Waals surface area contributed by atoms with Gasteiger partial charge in [-0.2, -0.15) is 5.10 Å². The third-order valence-electron chi connectivity index (χ3n) is 3.91. The van der Waals surface area contributed by atoms with Gasteiger partial charge in [0.05, 0.1) is 28.6 Å². The molecule has 4 rings (SSSR count). The monoisotopic (exact) mass is 351 g/mol. The Bertz CT molecular complexity index is 936. The fourth-order valence-corrected chi connectivity index (χ4v) is 3.79. The zero-order chi connectivity index (χ0) is 17.2. The fraction of sp³-hybridized carbons (Fsp3) is 0.222. The fourth-order valence-electron chi connectivity index (χ4n) is 2.76. The molecule has 0 fully saturated rings. The number of aromatic nitrogens is 3. The second kappa shape index (κ2) is 6.60. The summed E-state index contributed by atoms with van der Waals surface area (Å²) in [6.45, 7) is 2.63. The van der Waals surface area contributed by atoms with E-state index in [4.69, 9.17) is 9.72 Å². The quantitative estimate of drug-likeness (QED) is 0.733. The van der Waals surface area contributed by atoms with Gasteiger partial charge < -0.3 is 10.2 Å². The Hall–Kier alpha value is -2.80. The summed E-state index contributed by atoms with van der Waals surface area (Å²) in [5.74, 6) is 0.777. The number of hydrogen-bond acceptors (Lipinski definition) is 7.